The second-order valence-corrected chi connectivity index (χ2v) is 5.00. The Morgan fingerprint density at radius 1 is 1.60 bits per heavy atom. The fraction of sp³-hybridized carbons (Fsp3) is 0.600. The number of aryl methyl sites for hydroxylation is 1. The van der Waals surface area contributed by atoms with E-state index >= 15 is 0 Å². The molecule has 0 aromatic carbocycles. The molecule has 0 aliphatic carbocycles. The maximum Gasteiger partial charge on any atom is 0.420 e. The molecule has 0 N–H and O–H groups in total. The molecule has 0 fully saturated rings. The molecule has 15 heavy (non-hydrogen) atoms. The average molecular weight is 275 g/mol. The van der Waals surface area contributed by atoms with Crippen LogP contribution >= 0.6 is 15.9 Å². The number of carbonyl (C=O) groups is 1. The molecule has 0 spiro atoms. The van der Waals surface area contributed by atoms with Crippen LogP contribution in [0.2, 0.25) is 0 Å². The third kappa shape index (κ3) is 3.34. The molecule has 1 heterocycles. The highest BCUT2D eigenvalue weighted by Gasteiger charge is 2.20. The molecule has 1 aromatic heterocycles. The normalized spacial score (nSPS) is 11.5. The van der Waals surface area contributed by atoms with E-state index < -0.39 is 11.7 Å². The van der Waals surface area contributed by atoms with Gasteiger partial charge >= 0.3 is 6.09 Å². The zero-order chi connectivity index (χ0) is 11.6. The lowest BCUT2D eigenvalue weighted by Gasteiger charge is -2.19. The van der Waals surface area contributed by atoms with Crippen molar-refractivity contribution in [3.8, 4) is 0 Å². The van der Waals surface area contributed by atoms with Crippen LogP contribution in [-0.2, 0) is 11.2 Å². The van der Waals surface area contributed by atoms with E-state index in [1.165, 1.54) is 4.57 Å². The minimum absolute atomic E-state index is 0.391. The van der Waals surface area contributed by atoms with Gasteiger partial charge in [-0.3, -0.25) is 0 Å². The van der Waals surface area contributed by atoms with Gasteiger partial charge in [0.1, 0.15) is 16.0 Å². The van der Waals surface area contributed by atoms with Crippen molar-refractivity contribution in [3.05, 3.63) is 16.6 Å². The number of hydrogen-bond acceptors (Lipinski definition) is 3. The monoisotopic (exact) mass is 274 g/mol. The number of carbonyl (C=O) groups excluding carboxylic acids is 1. The Labute approximate surface area is 97.8 Å². The van der Waals surface area contributed by atoms with Crippen molar-refractivity contribution in [2.75, 3.05) is 0 Å². The lowest BCUT2D eigenvalue weighted by Crippen LogP contribution is -2.27. The molecule has 1 aromatic rings. The van der Waals surface area contributed by atoms with Gasteiger partial charge < -0.3 is 4.74 Å². The predicted octanol–water partition coefficient (Wildman–Crippen LogP) is 2.99. The fourth-order valence-corrected chi connectivity index (χ4v) is 1.52. The SMILES string of the molecule is CCc1nc(Br)cn1C(=O)OC(C)(C)C. The quantitative estimate of drug-likeness (QED) is 0.791. The number of nitrogens with zero attached hydrogens (tertiary/aromatic N) is 2. The first-order chi connectivity index (χ1) is 6.83. The summed E-state index contributed by atoms with van der Waals surface area (Å²) in [6.45, 7) is 7.45. The first-order valence-corrected chi connectivity index (χ1v) is 5.60. The van der Waals surface area contributed by atoms with Gasteiger partial charge in [0.05, 0.1) is 0 Å². The molecule has 1 rings (SSSR count). The Bertz CT molecular complexity index is 366. The fourth-order valence-electron chi connectivity index (χ4n) is 1.11. The third-order valence-corrected chi connectivity index (χ3v) is 2.04. The zero-order valence-electron chi connectivity index (χ0n) is 9.37. The molecule has 0 radical (unpaired) electrons. The van der Waals surface area contributed by atoms with Crippen LogP contribution in [0.3, 0.4) is 0 Å². The van der Waals surface area contributed by atoms with E-state index in [1.807, 2.05) is 27.7 Å². The van der Waals surface area contributed by atoms with Gasteiger partial charge in [0.2, 0.25) is 0 Å². The molecule has 5 heteroatoms. The first-order valence-electron chi connectivity index (χ1n) is 4.80. The average Bonchev–Trinajstić information content (AvgIpc) is 2.43. The molecular formula is C10H15BrN2O2. The maximum atomic E-state index is 11.7. The Morgan fingerprint density at radius 3 is 2.67 bits per heavy atom. The second-order valence-electron chi connectivity index (χ2n) is 4.18. The minimum Gasteiger partial charge on any atom is -0.443 e. The van der Waals surface area contributed by atoms with Crippen LogP contribution in [-0.4, -0.2) is 21.2 Å². The Kier molecular flexibility index (Phi) is 3.54. The summed E-state index contributed by atoms with van der Waals surface area (Å²) in [5, 5.41) is 0. The summed E-state index contributed by atoms with van der Waals surface area (Å²) in [5.74, 6) is 0.691. The van der Waals surface area contributed by atoms with E-state index in [9.17, 15) is 4.79 Å². The van der Waals surface area contributed by atoms with Gasteiger partial charge in [-0.1, -0.05) is 6.92 Å². The van der Waals surface area contributed by atoms with Crippen LogP contribution in [0.25, 0.3) is 0 Å². The van der Waals surface area contributed by atoms with E-state index in [4.69, 9.17) is 4.74 Å². The molecule has 4 nitrogen and oxygen atoms in total. The molecule has 84 valence electrons. The summed E-state index contributed by atoms with van der Waals surface area (Å²) in [5.41, 5.74) is -0.487. The van der Waals surface area contributed by atoms with Crippen molar-refractivity contribution < 1.29 is 9.53 Å². The van der Waals surface area contributed by atoms with Crippen molar-refractivity contribution in [1.82, 2.24) is 9.55 Å². The number of rotatable bonds is 1. The third-order valence-electron chi connectivity index (χ3n) is 1.66. The Balaban J connectivity index is 2.91. The lowest BCUT2D eigenvalue weighted by atomic mass is 10.2. The smallest absolute Gasteiger partial charge is 0.420 e. The molecule has 0 aliphatic heterocycles. The number of ether oxygens (including phenoxy) is 1. The van der Waals surface area contributed by atoms with Crippen LogP contribution in [0.1, 0.15) is 33.5 Å². The van der Waals surface area contributed by atoms with E-state index in [1.54, 1.807) is 6.20 Å². The molecule has 0 amide bonds. The van der Waals surface area contributed by atoms with Gasteiger partial charge in [-0.25, -0.2) is 14.3 Å². The summed E-state index contributed by atoms with van der Waals surface area (Å²) in [4.78, 5) is 15.9. The highest BCUT2D eigenvalue weighted by atomic mass is 79.9. The van der Waals surface area contributed by atoms with Crippen molar-refractivity contribution in [2.24, 2.45) is 0 Å². The van der Waals surface area contributed by atoms with Crippen LogP contribution < -0.4 is 0 Å². The number of imidazole rings is 1. The van der Waals surface area contributed by atoms with Crippen molar-refractivity contribution in [3.63, 3.8) is 0 Å². The summed E-state index contributed by atoms with van der Waals surface area (Å²) >= 11 is 3.23. The van der Waals surface area contributed by atoms with Crippen molar-refractivity contribution in [1.29, 1.82) is 0 Å². The minimum atomic E-state index is -0.487. The molecule has 0 saturated heterocycles. The molecule has 0 aliphatic rings. The summed E-state index contributed by atoms with van der Waals surface area (Å²) in [6.07, 6.45) is 1.91. The second kappa shape index (κ2) is 4.35. The summed E-state index contributed by atoms with van der Waals surface area (Å²) in [7, 11) is 0. The van der Waals surface area contributed by atoms with Crippen LogP contribution in [0, 0.1) is 0 Å². The van der Waals surface area contributed by atoms with Gasteiger partial charge in [-0.15, -0.1) is 0 Å². The maximum absolute atomic E-state index is 11.7. The van der Waals surface area contributed by atoms with E-state index in [0.29, 0.717) is 16.8 Å². The van der Waals surface area contributed by atoms with E-state index in [0.717, 1.165) is 0 Å². The molecule has 0 saturated carbocycles. The largest absolute Gasteiger partial charge is 0.443 e. The van der Waals surface area contributed by atoms with E-state index in [-0.39, 0.29) is 0 Å². The van der Waals surface area contributed by atoms with Crippen molar-refractivity contribution >= 4 is 22.0 Å². The van der Waals surface area contributed by atoms with Gasteiger partial charge in [-0.2, -0.15) is 0 Å². The predicted molar refractivity (Wildman–Crippen MR) is 60.9 cm³/mol. The van der Waals surface area contributed by atoms with Crippen LogP contribution in [0.15, 0.2) is 10.8 Å². The number of halogens is 1. The van der Waals surface area contributed by atoms with E-state index in [2.05, 4.69) is 20.9 Å². The standard InChI is InChI=1S/C10H15BrN2O2/c1-5-8-12-7(11)6-13(8)9(14)15-10(2,3)4/h6H,5H2,1-4H3. The topological polar surface area (TPSA) is 44.1 Å². The first kappa shape index (κ1) is 12.2. The molecule has 0 atom stereocenters. The van der Waals surface area contributed by atoms with Crippen molar-refractivity contribution in [2.45, 2.75) is 39.7 Å². The van der Waals surface area contributed by atoms with Gasteiger partial charge in [0, 0.05) is 12.6 Å². The lowest BCUT2D eigenvalue weighted by molar-refractivity contribution is 0.0532. The van der Waals surface area contributed by atoms with Gasteiger partial charge in [-0.05, 0) is 36.7 Å². The summed E-state index contributed by atoms with van der Waals surface area (Å²) < 4.78 is 7.31. The number of aromatic nitrogens is 2. The van der Waals surface area contributed by atoms with Gasteiger partial charge in [0.25, 0.3) is 0 Å². The molecule has 0 unspecified atom stereocenters. The molecular weight excluding hydrogens is 260 g/mol. The Morgan fingerprint density at radius 2 is 2.20 bits per heavy atom. The zero-order valence-corrected chi connectivity index (χ0v) is 11.0. The summed E-state index contributed by atoms with van der Waals surface area (Å²) in [6, 6.07) is 0. The highest BCUT2D eigenvalue weighted by Crippen LogP contribution is 2.14. The van der Waals surface area contributed by atoms with Gasteiger partial charge in [0.15, 0.2) is 0 Å². The highest BCUT2D eigenvalue weighted by molar-refractivity contribution is 9.10. The van der Waals surface area contributed by atoms with Crippen LogP contribution in [0.4, 0.5) is 4.79 Å². The molecule has 0 bridgehead atoms. The Hall–Kier alpha value is -0.840. The van der Waals surface area contributed by atoms with Crippen LogP contribution in [0.5, 0.6) is 0 Å². The number of hydrogen-bond donors (Lipinski definition) is 0.